The molecule has 3 N–H and O–H groups in total. The summed E-state index contributed by atoms with van der Waals surface area (Å²) >= 11 is 0. The lowest BCUT2D eigenvalue weighted by atomic mass is 9.96. The van der Waals surface area contributed by atoms with Crippen LogP contribution in [-0.2, 0) is 4.79 Å². The molecule has 1 fully saturated rings. The van der Waals surface area contributed by atoms with Gasteiger partial charge in [0.15, 0.2) is 0 Å². The molecule has 100 valence electrons. The third-order valence-electron chi connectivity index (χ3n) is 3.52. The molecule has 0 aliphatic heterocycles. The van der Waals surface area contributed by atoms with E-state index in [2.05, 4.69) is 5.32 Å². The van der Waals surface area contributed by atoms with Gasteiger partial charge in [-0.1, -0.05) is 6.92 Å². The Hall–Kier alpha value is -0.750. The first-order valence-electron chi connectivity index (χ1n) is 5.94. The van der Waals surface area contributed by atoms with Crippen molar-refractivity contribution in [2.45, 2.75) is 44.2 Å². The summed E-state index contributed by atoms with van der Waals surface area (Å²) in [6.45, 7) is 2.29. The maximum atomic E-state index is 12.3. The Morgan fingerprint density at radius 3 is 2.76 bits per heavy atom. The third kappa shape index (κ3) is 3.35. The van der Waals surface area contributed by atoms with Gasteiger partial charge in [-0.15, -0.1) is 0 Å². The molecule has 17 heavy (non-hydrogen) atoms. The van der Waals surface area contributed by atoms with E-state index in [1.165, 1.54) is 0 Å². The van der Waals surface area contributed by atoms with Gasteiger partial charge in [-0.25, -0.2) is 8.78 Å². The van der Waals surface area contributed by atoms with Crippen LogP contribution in [0.1, 0.15) is 26.2 Å². The van der Waals surface area contributed by atoms with E-state index in [-0.39, 0.29) is 18.5 Å². The monoisotopic (exact) mass is 249 g/mol. The Morgan fingerprint density at radius 2 is 2.29 bits per heavy atom. The highest BCUT2D eigenvalue weighted by Gasteiger charge is 2.44. The minimum atomic E-state index is -2.34. The van der Waals surface area contributed by atoms with Crippen LogP contribution in [0.5, 0.6) is 0 Å². The van der Waals surface area contributed by atoms with Gasteiger partial charge in [-0.2, -0.15) is 0 Å². The number of carbonyl (C=O) groups is 1. The van der Waals surface area contributed by atoms with Gasteiger partial charge in [0.1, 0.15) is 0 Å². The summed E-state index contributed by atoms with van der Waals surface area (Å²) in [5.74, 6) is -0.382. The fourth-order valence-electron chi connectivity index (χ4n) is 2.57. The summed E-state index contributed by atoms with van der Waals surface area (Å²) in [5, 5.41) is 3.11. The molecule has 0 radical (unpaired) electrons. The molecular formula is C11H21F2N3O. The van der Waals surface area contributed by atoms with Crippen LogP contribution in [0.15, 0.2) is 0 Å². The van der Waals surface area contributed by atoms with E-state index in [4.69, 9.17) is 5.73 Å². The van der Waals surface area contributed by atoms with Gasteiger partial charge in [-0.3, -0.25) is 9.69 Å². The summed E-state index contributed by atoms with van der Waals surface area (Å²) in [5.41, 5.74) is 4.70. The van der Waals surface area contributed by atoms with Gasteiger partial charge in [0.2, 0.25) is 5.91 Å². The first kappa shape index (κ1) is 14.3. The molecule has 6 heteroatoms. The molecule has 0 aromatic rings. The minimum Gasteiger partial charge on any atom is -0.368 e. The van der Waals surface area contributed by atoms with Crippen molar-refractivity contribution in [2.75, 3.05) is 20.1 Å². The molecule has 2 atom stereocenters. The molecule has 0 aromatic carbocycles. The number of carbonyl (C=O) groups excluding carboxylic acids is 1. The number of likely N-dealkylation sites (N-methyl/N-ethyl adjacent to an activating group) is 1. The van der Waals surface area contributed by atoms with Crippen molar-refractivity contribution < 1.29 is 13.6 Å². The molecule has 1 amide bonds. The number of primary amides is 1. The van der Waals surface area contributed by atoms with E-state index in [9.17, 15) is 13.6 Å². The van der Waals surface area contributed by atoms with Gasteiger partial charge < -0.3 is 11.1 Å². The van der Waals surface area contributed by atoms with Gasteiger partial charge >= 0.3 is 0 Å². The van der Waals surface area contributed by atoms with E-state index in [0.717, 1.165) is 6.42 Å². The summed E-state index contributed by atoms with van der Waals surface area (Å²) in [7, 11) is 1.67. The highest BCUT2D eigenvalue weighted by atomic mass is 19.3. The zero-order valence-electron chi connectivity index (χ0n) is 10.4. The van der Waals surface area contributed by atoms with E-state index in [0.29, 0.717) is 19.4 Å². The maximum absolute atomic E-state index is 12.3. The second kappa shape index (κ2) is 5.73. The van der Waals surface area contributed by atoms with Crippen LogP contribution in [0.3, 0.4) is 0 Å². The molecule has 1 aliphatic rings. The number of halogens is 2. The molecule has 1 rings (SSSR count). The van der Waals surface area contributed by atoms with Gasteiger partial charge in [-0.05, 0) is 32.9 Å². The highest BCUT2D eigenvalue weighted by Crippen LogP contribution is 2.32. The molecule has 0 heterocycles. The molecule has 2 unspecified atom stereocenters. The lowest BCUT2D eigenvalue weighted by Gasteiger charge is -2.29. The quantitative estimate of drug-likeness (QED) is 0.723. The normalized spacial score (nSPS) is 29.2. The Kier molecular flexibility index (Phi) is 4.82. The predicted molar refractivity (Wildman–Crippen MR) is 61.9 cm³/mol. The molecule has 0 bridgehead atoms. The first-order chi connectivity index (χ1) is 7.91. The fraction of sp³-hybridized carbons (Fsp3) is 0.909. The fourth-order valence-corrected chi connectivity index (χ4v) is 2.57. The van der Waals surface area contributed by atoms with Crippen molar-refractivity contribution in [1.82, 2.24) is 10.2 Å². The Balaban J connectivity index is 2.63. The first-order valence-corrected chi connectivity index (χ1v) is 5.94. The van der Waals surface area contributed by atoms with E-state index >= 15 is 0 Å². The topological polar surface area (TPSA) is 58.4 Å². The summed E-state index contributed by atoms with van der Waals surface area (Å²) < 4.78 is 24.6. The number of nitrogens with zero attached hydrogens (tertiary/aromatic N) is 1. The second-order valence-corrected chi connectivity index (χ2v) is 4.70. The standard InChI is InChI=1S/C11H21F2N3O/c1-3-15-11(10(14)17)5-4-8(6-11)16(2)7-9(12)13/h8-9,15H,3-7H2,1-2H3,(H2,14,17). The summed E-state index contributed by atoms with van der Waals surface area (Å²) in [6, 6.07) is -0.00412. The highest BCUT2D eigenvalue weighted by molar-refractivity contribution is 5.85. The van der Waals surface area contributed by atoms with Gasteiger partial charge in [0.25, 0.3) is 6.43 Å². The van der Waals surface area contributed by atoms with Crippen molar-refractivity contribution in [2.24, 2.45) is 5.73 Å². The lowest BCUT2D eigenvalue weighted by molar-refractivity contribution is -0.124. The molecule has 0 spiro atoms. The third-order valence-corrected chi connectivity index (χ3v) is 3.52. The molecule has 4 nitrogen and oxygen atoms in total. The Bertz CT molecular complexity index is 275. The number of hydrogen-bond donors (Lipinski definition) is 2. The second-order valence-electron chi connectivity index (χ2n) is 4.70. The van der Waals surface area contributed by atoms with E-state index in [1.54, 1.807) is 11.9 Å². The Morgan fingerprint density at radius 1 is 1.65 bits per heavy atom. The molecule has 1 aliphatic carbocycles. The molecule has 1 saturated carbocycles. The number of alkyl halides is 2. The van der Waals surface area contributed by atoms with Crippen molar-refractivity contribution in [3.8, 4) is 0 Å². The minimum absolute atomic E-state index is 0.00412. The van der Waals surface area contributed by atoms with Crippen molar-refractivity contribution in [3.63, 3.8) is 0 Å². The van der Waals surface area contributed by atoms with E-state index in [1.807, 2.05) is 6.92 Å². The average molecular weight is 249 g/mol. The average Bonchev–Trinajstić information content (AvgIpc) is 2.63. The van der Waals surface area contributed by atoms with Crippen molar-refractivity contribution in [3.05, 3.63) is 0 Å². The zero-order chi connectivity index (χ0) is 13.1. The van der Waals surface area contributed by atoms with Crippen molar-refractivity contribution in [1.29, 1.82) is 0 Å². The summed E-state index contributed by atoms with van der Waals surface area (Å²) in [4.78, 5) is 13.1. The number of rotatable bonds is 6. The van der Waals surface area contributed by atoms with Crippen LogP contribution in [0.4, 0.5) is 8.78 Å². The number of nitrogens with one attached hydrogen (secondary N) is 1. The smallest absolute Gasteiger partial charge is 0.251 e. The zero-order valence-corrected chi connectivity index (χ0v) is 10.4. The SMILES string of the molecule is CCNC1(C(N)=O)CCC(N(C)CC(F)F)C1. The van der Waals surface area contributed by atoms with Crippen LogP contribution in [-0.4, -0.2) is 49.0 Å². The number of hydrogen-bond acceptors (Lipinski definition) is 3. The number of amides is 1. The van der Waals surface area contributed by atoms with Crippen LogP contribution in [0, 0.1) is 0 Å². The van der Waals surface area contributed by atoms with Crippen LogP contribution in [0.2, 0.25) is 0 Å². The van der Waals surface area contributed by atoms with Crippen LogP contribution < -0.4 is 11.1 Å². The maximum Gasteiger partial charge on any atom is 0.251 e. The number of nitrogens with two attached hydrogens (primary N) is 1. The van der Waals surface area contributed by atoms with Crippen LogP contribution >= 0.6 is 0 Å². The lowest BCUT2D eigenvalue weighted by Crippen LogP contribution is -2.54. The molecule has 0 aromatic heterocycles. The van der Waals surface area contributed by atoms with Gasteiger partial charge in [0.05, 0.1) is 12.1 Å². The summed E-state index contributed by atoms with van der Waals surface area (Å²) in [6.07, 6.45) is -0.491. The Labute approximate surface area is 101 Å². The molecule has 0 saturated heterocycles. The van der Waals surface area contributed by atoms with Crippen LogP contribution in [0.25, 0.3) is 0 Å². The van der Waals surface area contributed by atoms with Gasteiger partial charge in [0, 0.05) is 6.04 Å². The largest absolute Gasteiger partial charge is 0.368 e. The predicted octanol–water partition coefficient (Wildman–Crippen LogP) is 0.569. The molecular weight excluding hydrogens is 228 g/mol. The van der Waals surface area contributed by atoms with Crippen molar-refractivity contribution >= 4 is 5.91 Å². The van der Waals surface area contributed by atoms with E-state index < -0.39 is 12.0 Å².